The molecule has 2 N–H and O–H groups in total. The van der Waals surface area contributed by atoms with Crippen LogP contribution in [0, 0.1) is 16.7 Å². The van der Waals surface area contributed by atoms with E-state index in [-0.39, 0.29) is 5.91 Å². The zero-order valence-electron chi connectivity index (χ0n) is 14.7. The molecule has 0 aliphatic heterocycles. The molecule has 4 rings (SSSR count). The molecular weight excluding hydrogens is 334 g/mol. The summed E-state index contributed by atoms with van der Waals surface area (Å²) in [5.41, 5.74) is 2.76. The van der Waals surface area contributed by atoms with Gasteiger partial charge in [-0.2, -0.15) is 0 Å². The first-order valence-corrected chi connectivity index (χ1v) is 9.58. The largest absolute Gasteiger partial charge is 0.367 e. The fourth-order valence-corrected chi connectivity index (χ4v) is 5.05. The standard InChI is InChI=1S/C18H23N5OS/c1-17(2)12-6-7-18(17,3)13(8-12)21-14-5-4-11(9-19-14)15(24)22-16-23-20-10-25-16/h4-5,9-10,12-13H,6-8H2,1-3H3,(H,19,21)(H,22,23,24). The fourth-order valence-electron chi connectivity index (χ4n) is 4.61. The van der Waals surface area contributed by atoms with Crippen LogP contribution in [0.2, 0.25) is 0 Å². The number of pyridine rings is 1. The predicted octanol–water partition coefficient (Wildman–Crippen LogP) is 3.81. The van der Waals surface area contributed by atoms with E-state index in [9.17, 15) is 4.79 Å². The van der Waals surface area contributed by atoms with Crippen molar-refractivity contribution >= 4 is 28.2 Å². The maximum Gasteiger partial charge on any atom is 0.259 e. The highest BCUT2D eigenvalue weighted by atomic mass is 32.1. The van der Waals surface area contributed by atoms with E-state index in [0.717, 1.165) is 11.7 Å². The summed E-state index contributed by atoms with van der Waals surface area (Å²) in [6, 6.07) is 4.12. The summed E-state index contributed by atoms with van der Waals surface area (Å²) < 4.78 is 0. The lowest BCUT2D eigenvalue weighted by molar-refractivity contribution is 0.102. The third-order valence-corrected chi connectivity index (χ3v) is 7.33. The van der Waals surface area contributed by atoms with Gasteiger partial charge in [-0.1, -0.05) is 32.1 Å². The highest BCUT2D eigenvalue weighted by Gasteiger charge is 2.61. The van der Waals surface area contributed by atoms with Crippen molar-refractivity contribution in [1.82, 2.24) is 15.2 Å². The number of aromatic nitrogens is 3. The molecule has 132 valence electrons. The van der Waals surface area contributed by atoms with Gasteiger partial charge in [0, 0.05) is 12.2 Å². The van der Waals surface area contributed by atoms with Crippen LogP contribution in [-0.4, -0.2) is 27.1 Å². The Morgan fingerprint density at radius 2 is 2.16 bits per heavy atom. The molecule has 0 aromatic carbocycles. The van der Waals surface area contributed by atoms with E-state index in [4.69, 9.17) is 0 Å². The normalized spacial score (nSPS) is 29.6. The first-order chi connectivity index (χ1) is 11.9. The summed E-state index contributed by atoms with van der Waals surface area (Å²) in [5, 5.41) is 14.3. The minimum Gasteiger partial charge on any atom is -0.367 e. The third-order valence-electron chi connectivity index (χ3n) is 6.72. The minimum absolute atomic E-state index is 0.219. The fraction of sp³-hybridized carbons (Fsp3) is 0.556. The van der Waals surface area contributed by atoms with Crippen molar-refractivity contribution in [2.75, 3.05) is 10.6 Å². The van der Waals surface area contributed by atoms with Gasteiger partial charge in [-0.3, -0.25) is 10.1 Å². The number of fused-ring (bicyclic) bond motifs is 2. The zero-order chi connectivity index (χ0) is 17.7. The summed E-state index contributed by atoms with van der Waals surface area (Å²) in [6.45, 7) is 7.21. The molecule has 2 fully saturated rings. The van der Waals surface area contributed by atoms with Crippen LogP contribution >= 0.6 is 11.3 Å². The first-order valence-electron chi connectivity index (χ1n) is 8.70. The van der Waals surface area contributed by atoms with Gasteiger partial charge in [-0.25, -0.2) is 4.98 Å². The summed E-state index contributed by atoms with van der Waals surface area (Å²) >= 11 is 1.29. The van der Waals surface area contributed by atoms with E-state index in [1.54, 1.807) is 17.8 Å². The average Bonchev–Trinajstić information content (AvgIpc) is 3.21. The summed E-state index contributed by atoms with van der Waals surface area (Å²) in [7, 11) is 0. The Kier molecular flexibility index (Phi) is 3.79. The molecule has 3 unspecified atom stereocenters. The lowest BCUT2D eigenvalue weighted by Crippen LogP contribution is -2.40. The number of amides is 1. The zero-order valence-corrected chi connectivity index (χ0v) is 15.6. The molecule has 0 radical (unpaired) electrons. The number of nitrogens with one attached hydrogen (secondary N) is 2. The van der Waals surface area contributed by atoms with Crippen molar-refractivity contribution < 1.29 is 4.79 Å². The number of carbonyl (C=O) groups excluding carboxylic acids is 1. The lowest BCUT2D eigenvalue weighted by Gasteiger charge is -2.39. The molecular formula is C18H23N5OS. The second-order valence-electron chi connectivity index (χ2n) is 7.94. The van der Waals surface area contributed by atoms with E-state index in [1.807, 2.05) is 6.07 Å². The van der Waals surface area contributed by atoms with Gasteiger partial charge in [-0.15, -0.1) is 10.2 Å². The first kappa shape index (κ1) is 16.4. The maximum atomic E-state index is 12.2. The van der Waals surface area contributed by atoms with Crippen LogP contribution in [0.4, 0.5) is 10.9 Å². The molecule has 2 aromatic rings. The quantitative estimate of drug-likeness (QED) is 0.870. The van der Waals surface area contributed by atoms with Gasteiger partial charge in [0.2, 0.25) is 5.13 Å². The molecule has 2 aromatic heterocycles. The van der Waals surface area contributed by atoms with Gasteiger partial charge in [0.25, 0.3) is 5.91 Å². The second kappa shape index (κ2) is 5.76. The monoisotopic (exact) mass is 357 g/mol. The van der Waals surface area contributed by atoms with Gasteiger partial charge in [0.1, 0.15) is 11.3 Å². The number of nitrogens with zero attached hydrogens (tertiary/aromatic N) is 3. The molecule has 2 bridgehead atoms. The summed E-state index contributed by atoms with van der Waals surface area (Å²) in [6.07, 6.45) is 5.41. The van der Waals surface area contributed by atoms with Crippen molar-refractivity contribution in [2.45, 2.75) is 46.1 Å². The number of rotatable bonds is 4. The van der Waals surface area contributed by atoms with Crippen molar-refractivity contribution in [2.24, 2.45) is 16.7 Å². The van der Waals surface area contributed by atoms with E-state index in [1.165, 1.54) is 30.6 Å². The van der Waals surface area contributed by atoms with Crippen LogP contribution in [0.5, 0.6) is 0 Å². The Labute approximate surface area is 151 Å². The van der Waals surface area contributed by atoms with Gasteiger partial charge >= 0.3 is 0 Å². The topological polar surface area (TPSA) is 79.8 Å². The van der Waals surface area contributed by atoms with Crippen LogP contribution in [0.3, 0.4) is 0 Å². The molecule has 2 aliphatic carbocycles. The highest BCUT2D eigenvalue weighted by molar-refractivity contribution is 7.13. The van der Waals surface area contributed by atoms with Crippen LogP contribution in [0.25, 0.3) is 0 Å². The average molecular weight is 357 g/mol. The van der Waals surface area contributed by atoms with Crippen molar-refractivity contribution in [3.63, 3.8) is 0 Å². The van der Waals surface area contributed by atoms with E-state index in [0.29, 0.717) is 27.6 Å². The molecule has 7 heteroatoms. The molecule has 0 spiro atoms. The smallest absolute Gasteiger partial charge is 0.259 e. The molecule has 6 nitrogen and oxygen atoms in total. The predicted molar refractivity (Wildman–Crippen MR) is 98.7 cm³/mol. The summed E-state index contributed by atoms with van der Waals surface area (Å²) in [4.78, 5) is 16.6. The molecule has 0 saturated heterocycles. The molecule has 2 saturated carbocycles. The molecule has 2 aliphatic rings. The Morgan fingerprint density at radius 1 is 1.32 bits per heavy atom. The Balaban J connectivity index is 1.44. The van der Waals surface area contributed by atoms with Crippen molar-refractivity contribution in [3.8, 4) is 0 Å². The number of anilines is 2. The van der Waals surface area contributed by atoms with Crippen LogP contribution in [0.15, 0.2) is 23.8 Å². The van der Waals surface area contributed by atoms with Crippen LogP contribution in [-0.2, 0) is 0 Å². The molecule has 2 heterocycles. The molecule has 3 atom stereocenters. The molecule has 1 amide bonds. The number of hydrogen-bond acceptors (Lipinski definition) is 6. The Bertz CT molecular complexity index is 773. The van der Waals surface area contributed by atoms with E-state index < -0.39 is 0 Å². The van der Waals surface area contributed by atoms with Gasteiger partial charge in [0.05, 0.1) is 5.56 Å². The summed E-state index contributed by atoms with van der Waals surface area (Å²) in [5.74, 6) is 1.40. The minimum atomic E-state index is -0.219. The molecule has 25 heavy (non-hydrogen) atoms. The van der Waals surface area contributed by atoms with Gasteiger partial charge in [0.15, 0.2) is 0 Å². The number of hydrogen-bond donors (Lipinski definition) is 2. The van der Waals surface area contributed by atoms with E-state index >= 15 is 0 Å². The SMILES string of the molecule is CC1(C)C2CCC1(C)C(Nc1ccc(C(=O)Nc3nncs3)cn1)C2. The second-order valence-corrected chi connectivity index (χ2v) is 8.77. The van der Waals surface area contributed by atoms with Crippen LogP contribution in [0.1, 0.15) is 50.4 Å². The highest BCUT2D eigenvalue weighted by Crippen LogP contribution is 2.65. The van der Waals surface area contributed by atoms with Gasteiger partial charge < -0.3 is 5.32 Å². The van der Waals surface area contributed by atoms with Gasteiger partial charge in [-0.05, 0) is 48.1 Å². The third kappa shape index (κ3) is 2.61. The van der Waals surface area contributed by atoms with Crippen molar-refractivity contribution in [1.29, 1.82) is 0 Å². The Hall–Kier alpha value is -2.02. The number of carbonyl (C=O) groups is 1. The van der Waals surface area contributed by atoms with Crippen LogP contribution < -0.4 is 10.6 Å². The van der Waals surface area contributed by atoms with E-state index in [2.05, 4.69) is 46.6 Å². The van der Waals surface area contributed by atoms with Crippen molar-refractivity contribution in [3.05, 3.63) is 29.4 Å². The maximum absolute atomic E-state index is 12.2. The Morgan fingerprint density at radius 3 is 2.72 bits per heavy atom. The lowest BCUT2D eigenvalue weighted by atomic mass is 9.69.